The van der Waals surface area contributed by atoms with E-state index in [1.165, 1.54) is 0 Å². The van der Waals surface area contributed by atoms with Gasteiger partial charge in [-0.25, -0.2) is 9.13 Å². The van der Waals surface area contributed by atoms with Gasteiger partial charge in [-0.15, -0.1) is 5.11 Å². The van der Waals surface area contributed by atoms with Gasteiger partial charge in [-0.05, 0) is 42.7 Å². The fourth-order valence-electron chi connectivity index (χ4n) is 3.06. The maximum absolute atomic E-state index is 12.0. The van der Waals surface area contributed by atoms with Crippen LogP contribution in [0.4, 0.5) is 17.3 Å². The molecule has 10 heteroatoms. The van der Waals surface area contributed by atoms with Crippen molar-refractivity contribution in [1.29, 1.82) is 0 Å². The summed E-state index contributed by atoms with van der Waals surface area (Å²) >= 11 is 0. The molecule has 0 fully saturated rings. The van der Waals surface area contributed by atoms with Crippen LogP contribution in [0.5, 0.6) is 0 Å². The molecule has 2 rings (SSSR count). The van der Waals surface area contributed by atoms with Crippen LogP contribution in [0.3, 0.4) is 0 Å². The first-order valence-electron chi connectivity index (χ1n) is 9.96. The van der Waals surface area contributed by atoms with Gasteiger partial charge in [0.05, 0.1) is 26.8 Å². The van der Waals surface area contributed by atoms with Gasteiger partial charge in [-0.2, -0.15) is 0 Å². The number of carbonyl (C=O) groups excluding carboxylic acids is 1. The minimum absolute atomic E-state index is 0. The van der Waals surface area contributed by atoms with Gasteiger partial charge < -0.3 is 62.7 Å². The second kappa shape index (κ2) is 13.3. The van der Waals surface area contributed by atoms with Crippen LogP contribution in [0.1, 0.15) is 12.5 Å². The largest absolute Gasteiger partial charge is 1.00 e. The fraction of sp³-hybridized carbons (Fsp3) is 0.524. The molecule has 1 amide bonds. The summed E-state index contributed by atoms with van der Waals surface area (Å²) in [6.07, 6.45) is 3.89. The lowest BCUT2D eigenvalue weighted by molar-refractivity contribution is -0.862. The third-order valence-electron chi connectivity index (χ3n) is 4.64. The molecule has 2 aromatic rings. The number of anilines is 1. The Bertz CT molecular complexity index is 856. The zero-order chi connectivity index (χ0) is 21.6. The molecule has 1 aromatic carbocycles. The molecule has 0 spiro atoms. The van der Waals surface area contributed by atoms with E-state index in [1.807, 2.05) is 69.8 Å². The van der Waals surface area contributed by atoms with Gasteiger partial charge in [0, 0.05) is 39.4 Å². The van der Waals surface area contributed by atoms with Crippen molar-refractivity contribution < 1.29 is 57.2 Å². The average molecular weight is 655 g/mol. The number of imidazole rings is 1. The monoisotopic (exact) mass is 655 g/mol. The highest BCUT2D eigenvalue weighted by Gasteiger charge is 2.14. The first kappa shape index (κ1) is 29.7. The van der Waals surface area contributed by atoms with Crippen LogP contribution in [-0.4, -0.2) is 66.8 Å². The number of hydrogen-bond donors (Lipinski definition) is 1. The van der Waals surface area contributed by atoms with Crippen LogP contribution in [0.15, 0.2) is 40.8 Å². The predicted octanol–water partition coefficient (Wildman–Crippen LogP) is -2.97. The standard InChI is InChI=1S/C21H34N7O.2HI/c1-8-27(12-11-22-20(29)16-28(5,6)7)18-9-10-19(17(2)15-18)23-24-21-25(3)13-14-26(21)4;;/h9-10,13-15H,8,11-12,16H2,1-7H3;2*1H/q+1;;/p-1. The molecule has 0 unspecified atom stereocenters. The third kappa shape index (κ3) is 9.39. The lowest BCUT2D eigenvalue weighted by Crippen LogP contribution is -3.00. The highest BCUT2D eigenvalue weighted by atomic mass is 127. The van der Waals surface area contributed by atoms with Crippen molar-refractivity contribution in [3.8, 4) is 0 Å². The number of azo groups is 1. The van der Waals surface area contributed by atoms with Gasteiger partial charge in [0.25, 0.3) is 5.91 Å². The highest BCUT2D eigenvalue weighted by Crippen LogP contribution is 2.26. The topological polar surface area (TPSA) is 66.9 Å². The summed E-state index contributed by atoms with van der Waals surface area (Å²) in [7, 11) is 9.93. The van der Waals surface area contributed by atoms with E-state index in [1.54, 1.807) is 0 Å². The van der Waals surface area contributed by atoms with E-state index in [0.29, 0.717) is 17.6 Å². The number of carbonyl (C=O) groups is 1. The molecule has 0 radical (unpaired) electrons. The molecule has 0 aliphatic heterocycles. The van der Waals surface area contributed by atoms with Gasteiger partial charge in [0.15, 0.2) is 18.9 Å². The van der Waals surface area contributed by atoms with Gasteiger partial charge in [-0.3, -0.25) is 4.79 Å². The number of benzene rings is 1. The smallest absolute Gasteiger partial charge is 0.334 e. The van der Waals surface area contributed by atoms with E-state index in [-0.39, 0.29) is 53.9 Å². The number of quaternary nitrogens is 1. The fourth-order valence-corrected chi connectivity index (χ4v) is 3.06. The molecule has 0 saturated carbocycles. The summed E-state index contributed by atoms with van der Waals surface area (Å²) in [5.41, 5.74) is 3.03. The first-order valence-corrected chi connectivity index (χ1v) is 9.96. The maximum atomic E-state index is 12.0. The number of likely N-dealkylation sites (N-methyl/N-ethyl adjacent to an activating group) is 2. The summed E-state index contributed by atoms with van der Waals surface area (Å²) in [6, 6.07) is 6.18. The normalized spacial score (nSPS) is 11.1. The number of hydrogen-bond acceptors (Lipinski definition) is 4. The van der Waals surface area contributed by atoms with Crippen molar-refractivity contribution in [3.05, 3.63) is 36.2 Å². The number of rotatable bonds is 9. The maximum Gasteiger partial charge on any atom is 0.334 e. The van der Waals surface area contributed by atoms with Crippen LogP contribution in [0, 0.1) is 6.92 Å². The average Bonchev–Trinajstić information content (AvgIpc) is 2.94. The van der Waals surface area contributed by atoms with E-state index in [4.69, 9.17) is 0 Å². The van der Waals surface area contributed by atoms with Gasteiger partial charge in [-0.1, -0.05) is 0 Å². The summed E-state index contributed by atoms with van der Waals surface area (Å²) in [5.74, 6) is 0.864. The number of aryl methyl sites for hydroxylation is 3. The van der Waals surface area contributed by atoms with Crippen LogP contribution in [0.2, 0.25) is 0 Å². The highest BCUT2D eigenvalue weighted by molar-refractivity contribution is 5.77. The number of halogens is 2. The Hall–Kier alpha value is -1.28. The van der Waals surface area contributed by atoms with Gasteiger partial charge >= 0.3 is 5.95 Å². The molecule has 8 nitrogen and oxygen atoms in total. The van der Waals surface area contributed by atoms with Crippen molar-refractivity contribution in [2.24, 2.45) is 24.3 Å². The minimum atomic E-state index is 0. The van der Waals surface area contributed by atoms with Crippen LogP contribution in [-0.2, 0) is 18.9 Å². The molecule has 1 N–H and O–H groups in total. The predicted molar refractivity (Wildman–Crippen MR) is 118 cm³/mol. The van der Waals surface area contributed by atoms with Crippen LogP contribution in [0.25, 0.3) is 0 Å². The number of aromatic nitrogens is 2. The quantitative estimate of drug-likeness (QED) is 0.136. The van der Waals surface area contributed by atoms with Crippen molar-refractivity contribution in [2.45, 2.75) is 13.8 Å². The molecule has 174 valence electrons. The third-order valence-corrected chi connectivity index (χ3v) is 4.64. The summed E-state index contributed by atoms with van der Waals surface area (Å²) in [5, 5.41) is 11.8. The Balaban J connectivity index is 0.00000450. The lowest BCUT2D eigenvalue weighted by atomic mass is 10.1. The summed E-state index contributed by atoms with van der Waals surface area (Å²) in [4.78, 5) is 14.3. The Morgan fingerprint density at radius 3 is 2.29 bits per heavy atom. The Kier molecular flexibility index (Phi) is 12.8. The molecule has 0 aliphatic rings. The van der Waals surface area contributed by atoms with E-state index in [9.17, 15) is 4.79 Å². The lowest BCUT2D eigenvalue weighted by Gasteiger charge is -2.25. The van der Waals surface area contributed by atoms with E-state index in [2.05, 4.69) is 39.5 Å². The molecule has 1 aromatic heterocycles. The van der Waals surface area contributed by atoms with Crippen molar-refractivity contribution in [3.63, 3.8) is 0 Å². The van der Waals surface area contributed by atoms with Crippen molar-refractivity contribution >= 4 is 23.2 Å². The van der Waals surface area contributed by atoms with Gasteiger partial charge in [0.2, 0.25) is 0 Å². The SMILES string of the molecule is CCN(CCNC(=O)C[N+](C)(C)C)c1ccc(N=N[c+]2n(C)ccn2C)c(C)c1.[I-].[I-]. The Labute approximate surface area is 220 Å². The van der Waals surface area contributed by atoms with E-state index < -0.39 is 0 Å². The van der Waals surface area contributed by atoms with Crippen molar-refractivity contribution in [2.75, 3.05) is 52.2 Å². The molecule has 0 atom stereocenters. The molecule has 0 saturated heterocycles. The number of amides is 1. The molecule has 0 aliphatic carbocycles. The summed E-state index contributed by atoms with van der Waals surface area (Å²) < 4.78 is 4.48. The molecule has 31 heavy (non-hydrogen) atoms. The first-order chi connectivity index (χ1) is 13.6. The van der Waals surface area contributed by atoms with Crippen molar-refractivity contribution in [1.82, 2.24) is 14.5 Å². The number of nitrogens with one attached hydrogen (secondary N) is 1. The Morgan fingerprint density at radius 2 is 1.77 bits per heavy atom. The molecule has 1 heterocycles. The number of nitrogens with zero attached hydrogens (tertiary/aromatic N) is 6. The van der Waals surface area contributed by atoms with Gasteiger partial charge in [0.1, 0.15) is 0 Å². The second-order valence-electron chi connectivity index (χ2n) is 8.37. The molecular formula is C21H35I2N7O. The molecular weight excluding hydrogens is 620 g/mol. The van der Waals surface area contributed by atoms with Crippen LogP contribution < -0.4 is 58.2 Å². The minimum Gasteiger partial charge on any atom is -1.00 e. The summed E-state index contributed by atoms with van der Waals surface area (Å²) in [6.45, 7) is 6.89. The zero-order valence-corrected chi connectivity index (χ0v) is 23.9. The Morgan fingerprint density at radius 1 is 1.16 bits per heavy atom. The second-order valence-corrected chi connectivity index (χ2v) is 8.37. The van der Waals surface area contributed by atoms with Crippen LogP contribution >= 0.6 is 0 Å². The van der Waals surface area contributed by atoms with E-state index >= 15 is 0 Å². The zero-order valence-electron chi connectivity index (χ0n) is 19.6. The molecule has 0 bridgehead atoms. The van der Waals surface area contributed by atoms with E-state index in [0.717, 1.165) is 36.0 Å².